The molecule has 8 nitrogen and oxygen atoms in total. The van der Waals surface area contributed by atoms with E-state index in [0.29, 0.717) is 40.8 Å². The number of benzene rings is 2. The van der Waals surface area contributed by atoms with Gasteiger partial charge in [0.1, 0.15) is 11.2 Å². The van der Waals surface area contributed by atoms with Crippen LogP contribution in [0.2, 0.25) is 5.02 Å². The molecule has 0 aliphatic carbocycles. The number of likely N-dealkylation sites (tertiary alicyclic amines) is 1. The van der Waals surface area contributed by atoms with Crippen molar-refractivity contribution in [3.05, 3.63) is 64.7 Å². The highest BCUT2D eigenvalue weighted by atomic mass is 35.5. The molecule has 1 aliphatic heterocycles. The maximum absolute atomic E-state index is 14.9. The third-order valence-corrected chi connectivity index (χ3v) is 6.59. The Kier molecular flexibility index (Phi) is 5.95. The minimum atomic E-state index is -0.546. The molecule has 1 saturated heterocycles. The van der Waals surface area contributed by atoms with E-state index in [1.807, 2.05) is 4.90 Å². The SMILES string of the molecule is Cc1ccc(F)c(-n2nccn2)c1C(=O)N1CCCC(C)C1CNc1nc2ccc(Cl)cc2o1. The van der Waals surface area contributed by atoms with Gasteiger partial charge in [-0.1, -0.05) is 24.6 Å². The van der Waals surface area contributed by atoms with E-state index in [1.165, 1.54) is 23.3 Å². The second kappa shape index (κ2) is 9.06. The quantitative estimate of drug-likeness (QED) is 0.437. The second-order valence-electron chi connectivity index (χ2n) is 8.60. The first-order valence-electron chi connectivity index (χ1n) is 11.2. The molecule has 4 aromatic rings. The van der Waals surface area contributed by atoms with Gasteiger partial charge in [-0.3, -0.25) is 4.79 Å². The lowest BCUT2D eigenvalue weighted by molar-refractivity contribution is 0.0537. The Hall–Kier alpha value is -3.46. The van der Waals surface area contributed by atoms with Gasteiger partial charge in [-0.2, -0.15) is 15.2 Å². The van der Waals surface area contributed by atoms with E-state index < -0.39 is 5.82 Å². The first-order chi connectivity index (χ1) is 16.4. The first-order valence-corrected chi connectivity index (χ1v) is 11.6. The van der Waals surface area contributed by atoms with Gasteiger partial charge in [0.2, 0.25) is 0 Å². The van der Waals surface area contributed by atoms with Gasteiger partial charge >= 0.3 is 0 Å². The number of fused-ring (bicyclic) bond motifs is 1. The molecule has 3 heterocycles. The summed E-state index contributed by atoms with van der Waals surface area (Å²) in [6.07, 6.45) is 4.77. The molecule has 0 bridgehead atoms. The number of aryl methyl sites for hydroxylation is 1. The van der Waals surface area contributed by atoms with Crippen LogP contribution >= 0.6 is 11.6 Å². The summed E-state index contributed by atoms with van der Waals surface area (Å²) in [4.78, 5) is 21.3. The molecule has 2 unspecified atom stereocenters. The van der Waals surface area contributed by atoms with Crippen molar-refractivity contribution in [1.29, 1.82) is 0 Å². The molecule has 1 N–H and O–H groups in total. The van der Waals surface area contributed by atoms with Crippen molar-refractivity contribution >= 4 is 34.6 Å². The van der Waals surface area contributed by atoms with Crippen LogP contribution in [0.5, 0.6) is 0 Å². The van der Waals surface area contributed by atoms with Crippen LogP contribution in [-0.4, -0.2) is 49.9 Å². The predicted molar refractivity (Wildman–Crippen MR) is 127 cm³/mol. The summed E-state index contributed by atoms with van der Waals surface area (Å²) in [6, 6.07) is 8.44. The van der Waals surface area contributed by atoms with Crippen molar-refractivity contribution in [3.63, 3.8) is 0 Å². The van der Waals surface area contributed by atoms with Crippen molar-refractivity contribution in [1.82, 2.24) is 24.9 Å². The Labute approximate surface area is 200 Å². The molecule has 0 radical (unpaired) electrons. The minimum Gasteiger partial charge on any atom is -0.424 e. The number of carbonyl (C=O) groups excluding carboxylic acids is 1. The van der Waals surface area contributed by atoms with E-state index in [0.717, 1.165) is 12.8 Å². The fourth-order valence-corrected chi connectivity index (χ4v) is 4.75. The van der Waals surface area contributed by atoms with Crippen LogP contribution in [0.1, 0.15) is 35.7 Å². The molecule has 176 valence electrons. The van der Waals surface area contributed by atoms with Gasteiger partial charge in [0, 0.05) is 24.2 Å². The largest absolute Gasteiger partial charge is 0.424 e. The molecule has 5 rings (SSSR count). The summed E-state index contributed by atoms with van der Waals surface area (Å²) in [5.74, 6) is -0.564. The number of rotatable bonds is 5. The van der Waals surface area contributed by atoms with E-state index >= 15 is 0 Å². The third-order valence-electron chi connectivity index (χ3n) is 6.36. The topological polar surface area (TPSA) is 89.1 Å². The third kappa shape index (κ3) is 4.11. The number of aromatic nitrogens is 4. The number of piperidine rings is 1. The van der Waals surface area contributed by atoms with E-state index in [2.05, 4.69) is 27.4 Å². The number of hydrogen-bond acceptors (Lipinski definition) is 6. The summed E-state index contributed by atoms with van der Waals surface area (Å²) in [5.41, 5.74) is 2.29. The highest BCUT2D eigenvalue weighted by Gasteiger charge is 2.35. The lowest BCUT2D eigenvalue weighted by atomic mass is 9.89. The highest BCUT2D eigenvalue weighted by molar-refractivity contribution is 6.31. The number of oxazole rings is 1. The number of halogens is 2. The number of nitrogens with one attached hydrogen (secondary N) is 1. The molecular weight excluding hydrogens is 459 g/mol. The van der Waals surface area contributed by atoms with Crippen molar-refractivity contribution in [2.75, 3.05) is 18.4 Å². The van der Waals surface area contributed by atoms with E-state index in [1.54, 1.807) is 31.2 Å². The normalized spacial score (nSPS) is 18.4. The lowest BCUT2D eigenvalue weighted by Crippen LogP contribution is -2.51. The van der Waals surface area contributed by atoms with Crippen LogP contribution in [0.3, 0.4) is 0 Å². The average molecular weight is 483 g/mol. The standard InChI is InChI=1S/C24H24ClFN6O2/c1-14-4-3-11-31(19(14)13-27-24-30-18-8-6-16(25)12-20(18)34-24)23(33)21-15(2)5-7-17(26)22(21)32-28-9-10-29-32/h5-10,12,14,19H,3-4,11,13H2,1-2H3,(H,27,30). The molecule has 1 fully saturated rings. The van der Waals surface area contributed by atoms with Gasteiger partial charge in [-0.25, -0.2) is 4.39 Å². The van der Waals surface area contributed by atoms with E-state index in [9.17, 15) is 9.18 Å². The van der Waals surface area contributed by atoms with Gasteiger partial charge in [0.05, 0.1) is 24.0 Å². The van der Waals surface area contributed by atoms with Crippen molar-refractivity contribution < 1.29 is 13.6 Å². The molecule has 0 spiro atoms. The number of carbonyl (C=O) groups is 1. The summed E-state index contributed by atoms with van der Waals surface area (Å²) in [7, 11) is 0. The summed E-state index contributed by atoms with van der Waals surface area (Å²) in [5, 5.41) is 11.9. The molecule has 0 saturated carbocycles. The fourth-order valence-electron chi connectivity index (χ4n) is 4.59. The number of hydrogen-bond donors (Lipinski definition) is 1. The number of nitrogens with zero attached hydrogens (tertiary/aromatic N) is 5. The van der Waals surface area contributed by atoms with Gasteiger partial charge in [-0.15, -0.1) is 4.80 Å². The Morgan fingerprint density at radius 1 is 1.26 bits per heavy atom. The van der Waals surface area contributed by atoms with Crippen molar-refractivity contribution in [2.24, 2.45) is 5.92 Å². The zero-order valence-corrected chi connectivity index (χ0v) is 19.6. The van der Waals surface area contributed by atoms with Gasteiger partial charge in [0.15, 0.2) is 11.4 Å². The second-order valence-corrected chi connectivity index (χ2v) is 9.04. The molecule has 2 aromatic carbocycles. The molecule has 34 heavy (non-hydrogen) atoms. The van der Waals surface area contributed by atoms with Gasteiger partial charge in [-0.05, 0) is 49.4 Å². The van der Waals surface area contributed by atoms with Crippen LogP contribution in [0.15, 0.2) is 47.1 Å². The maximum atomic E-state index is 14.9. The Morgan fingerprint density at radius 2 is 2.06 bits per heavy atom. The average Bonchev–Trinajstić information content (AvgIpc) is 3.48. The molecule has 10 heteroatoms. The Morgan fingerprint density at radius 3 is 2.85 bits per heavy atom. The van der Waals surface area contributed by atoms with Crippen LogP contribution in [-0.2, 0) is 0 Å². The monoisotopic (exact) mass is 482 g/mol. The summed E-state index contributed by atoms with van der Waals surface area (Å²) < 4.78 is 20.7. The smallest absolute Gasteiger partial charge is 0.295 e. The van der Waals surface area contributed by atoms with Gasteiger partial charge in [0.25, 0.3) is 11.9 Å². The fraction of sp³-hybridized carbons (Fsp3) is 0.333. The van der Waals surface area contributed by atoms with E-state index in [4.69, 9.17) is 16.0 Å². The summed E-state index contributed by atoms with van der Waals surface area (Å²) >= 11 is 6.04. The lowest BCUT2D eigenvalue weighted by Gasteiger charge is -2.40. The highest BCUT2D eigenvalue weighted by Crippen LogP contribution is 2.30. The zero-order chi connectivity index (χ0) is 23.8. The molecular formula is C24H24ClFN6O2. The number of amides is 1. The van der Waals surface area contributed by atoms with Crippen LogP contribution in [0.25, 0.3) is 16.8 Å². The predicted octanol–water partition coefficient (Wildman–Crippen LogP) is 4.86. The molecule has 2 aromatic heterocycles. The van der Waals surface area contributed by atoms with Crippen LogP contribution < -0.4 is 5.32 Å². The van der Waals surface area contributed by atoms with Crippen LogP contribution in [0, 0.1) is 18.7 Å². The number of anilines is 1. The Balaban J connectivity index is 1.44. The minimum absolute atomic E-state index is 0.0655. The van der Waals surface area contributed by atoms with Crippen LogP contribution in [0.4, 0.5) is 10.4 Å². The van der Waals surface area contributed by atoms with Crippen molar-refractivity contribution in [3.8, 4) is 5.69 Å². The van der Waals surface area contributed by atoms with Gasteiger partial charge < -0.3 is 14.6 Å². The maximum Gasteiger partial charge on any atom is 0.295 e. The molecule has 1 aliphatic rings. The zero-order valence-electron chi connectivity index (χ0n) is 18.8. The van der Waals surface area contributed by atoms with E-state index in [-0.39, 0.29) is 29.1 Å². The Bertz CT molecular complexity index is 1340. The summed E-state index contributed by atoms with van der Waals surface area (Å²) in [6.45, 7) is 4.92. The first kappa shape index (κ1) is 22.3. The molecule has 2 atom stereocenters. The van der Waals surface area contributed by atoms with Crippen molar-refractivity contribution in [2.45, 2.75) is 32.7 Å². The molecule has 1 amide bonds.